The summed E-state index contributed by atoms with van der Waals surface area (Å²) in [5.74, 6) is 1.62. The van der Waals surface area contributed by atoms with Crippen molar-refractivity contribution < 1.29 is 19.7 Å². The highest BCUT2D eigenvalue weighted by Gasteiger charge is 2.52. The summed E-state index contributed by atoms with van der Waals surface area (Å²) in [5.41, 5.74) is 2.33. The third-order valence-corrected chi connectivity index (χ3v) is 5.67. The van der Waals surface area contributed by atoms with Crippen LogP contribution >= 0.6 is 0 Å². The molecular weight excluding hydrogens is 306 g/mol. The van der Waals surface area contributed by atoms with Gasteiger partial charge in [-0.05, 0) is 31.0 Å². The second kappa shape index (κ2) is 6.06. The van der Waals surface area contributed by atoms with E-state index < -0.39 is 6.10 Å². The third kappa shape index (κ3) is 2.34. The van der Waals surface area contributed by atoms with Crippen LogP contribution < -0.4 is 9.47 Å². The van der Waals surface area contributed by atoms with Gasteiger partial charge in [0.2, 0.25) is 0 Å². The Balaban J connectivity index is 1.80. The largest absolute Gasteiger partial charge is 0.493 e. The number of rotatable bonds is 4. The highest BCUT2D eigenvalue weighted by molar-refractivity contribution is 5.60. The van der Waals surface area contributed by atoms with Gasteiger partial charge < -0.3 is 19.7 Å². The van der Waals surface area contributed by atoms with E-state index in [9.17, 15) is 5.11 Å². The van der Waals surface area contributed by atoms with E-state index in [0.717, 1.165) is 44.0 Å². The molecule has 0 radical (unpaired) electrons. The SMILES string of the molecule is COc1ccc2c3c1OC1CC(O)C=CC31CCN(CCCO)C2. The van der Waals surface area contributed by atoms with E-state index in [0.29, 0.717) is 6.42 Å². The van der Waals surface area contributed by atoms with Crippen LogP contribution in [0.4, 0.5) is 0 Å². The second-order valence-corrected chi connectivity index (χ2v) is 7.04. The zero-order valence-electron chi connectivity index (χ0n) is 14.1. The lowest BCUT2D eigenvalue weighted by atomic mass is 9.69. The summed E-state index contributed by atoms with van der Waals surface area (Å²) in [4.78, 5) is 2.40. The molecule has 3 unspecified atom stereocenters. The average molecular weight is 331 g/mol. The number of aliphatic hydroxyl groups excluding tert-OH is 2. The van der Waals surface area contributed by atoms with E-state index in [1.54, 1.807) is 7.11 Å². The number of hydrogen-bond donors (Lipinski definition) is 2. The Morgan fingerprint density at radius 2 is 2.29 bits per heavy atom. The van der Waals surface area contributed by atoms with Gasteiger partial charge in [-0.3, -0.25) is 4.90 Å². The van der Waals surface area contributed by atoms with Crippen LogP contribution in [0.2, 0.25) is 0 Å². The maximum Gasteiger partial charge on any atom is 0.166 e. The van der Waals surface area contributed by atoms with Gasteiger partial charge in [-0.1, -0.05) is 18.2 Å². The first-order valence-corrected chi connectivity index (χ1v) is 8.75. The molecule has 3 atom stereocenters. The molecule has 0 bridgehead atoms. The lowest BCUT2D eigenvalue weighted by Gasteiger charge is -2.35. The minimum absolute atomic E-state index is 0.0414. The molecule has 0 fully saturated rings. The molecule has 5 heteroatoms. The topological polar surface area (TPSA) is 62.2 Å². The van der Waals surface area contributed by atoms with E-state index in [4.69, 9.17) is 14.6 Å². The lowest BCUT2D eigenvalue weighted by molar-refractivity contribution is 0.0806. The Labute approximate surface area is 142 Å². The fourth-order valence-electron chi connectivity index (χ4n) is 4.48. The summed E-state index contributed by atoms with van der Waals surface area (Å²) in [6, 6.07) is 4.12. The zero-order valence-corrected chi connectivity index (χ0v) is 14.1. The molecule has 0 saturated carbocycles. The van der Waals surface area contributed by atoms with Crippen LogP contribution in [0, 0.1) is 0 Å². The minimum atomic E-state index is -0.446. The monoisotopic (exact) mass is 331 g/mol. The smallest absolute Gasteiger partial charge is 0.166 e. The quantitative estimate of drug-likeness (QED) is 0.821. The molecule has 24 heavy (non-hydrogen) atoms. The van der Waals surface area contributed by atoms with Crippen molar-refractivity contribution >= 4 is 0 Å². The number of benzene rings is 1. The molecular formula is C19H25NO4. The summed E-state index contributed by atoms with van der Waals surface area (Å²) < 4.78 is 11.8. The van der Waals surface area contributed by atoms with Crippen LogP contribution in [0.5, 0.6) is 11.5 Å². The van der Waals surface area contributed by atoms with Crippen LogP contribution in [0.25, 0.3) is 0 Å². The third-order valence-electron chi connectivity index (χ3n) is 5.67. The number of nitrogens with zero attached hydrogens (tertiary/aromatic N) is 1. The van der Waals surface area contributed by atoms with Gasteiger partial charge in [0.05, 0.1) is 18.6 Å². The van der Waals surface area contributed by atoms with Gasteiger partial charge in [0.25, 0.3) is 0 Å². The van der Waals surface area contributed by atoms with Crippen LogP contribution in [0.3, 0.4) is 0 Å². The van der Waals surface area contributed by atoms with Gasteiger partial charge in [-0.15, -0.1) is 0 Å². The Hall–Kier alpha value is -1.56. The van der Waals surface area contributed by atoms with Crippen molar-refractivity contribution in [3.8, 4) is 11.5 Å². The molecule has 1 spiro atoms. The van der Waals surface area contributed by atoms with Crippen molar-refractivity contribution in [2.45, 2.75) is 43.4 Å². The summed E-state index contributed by atoms with van der Waals surface area (Å²) in [7, 11) is 1.67. The predicted octanol–water partition coefficient (Wildman–Crippen LogP) is 1.60. The molecule has 0 aromatic heterocycles. The molecule has 130 valence electrons. The first-order chi connectivity index (χ1) is 11.7. The Bertz CT molecular complexity index is 659. The molecule has 1 aromatic carbocycles. The molecule has 4 rings (SSSR count). The van der Waals surface area contributed by atoms with Crippen molar-refractivity contribution in [3.63, 3.8) is 0 Å². The molecule has 0 saturated heterocycles. The first kappa shape index (κ1) is 15.9. The highest BCUT2D eigenvalue weighted by atomic mass is 16.5. The number of hydrogen-bond acceptors (Lipinski definition) is 5. The van der Waals surface area contributed by atoms with E-state index in [-0.39, 0.29) is 18.1 Å². The predicted molar refractivity (Wildman–Crippen MR) is 90.4 cm³/mol. The Kier molecular flexibility index (Phi) is 4.03. The molecule has 2 N–H and O–H groups in total. The van der Waals surface area contributed by atoms with Crippen molar-refractivity contribution in [3.05, 3.63) is 35.4 Å². The van der Waals surface area contributed by atoms with Crippen LogP contribution in [-0.2, 0) is 12.0 Å². The summed E-state index contributed by atoms with van der Waals surface area (Å²) >= 11 is 0. The molecule has 1 aliphatic carbocycles. The Morgan fingerprint density at radius 3 is 3.08 bits per heavy atom. The lowest BCUT2D eigenvalue weighted by Crippen LogP contribution is -2.43. The summed E-state index contributed by atoms with van der Waals surface area (Å²) in [6.07, 6.45) is 5.96. The van der Waals surface area contributed by atoms with Crippen molar-refractivity contribution in [1.29, 1.82) is 0 Å². The van der Waals surface area contributed by atoms with E-state index in [1.165, 1.54) is 11.1 Å². The van der Waals surface area contributed by atoms with Crippen molar-refractivity contribution in [2.75, 3.05) is 26.8 Å². The van der Waals surface area contributed by atoms with E-state index in [1.807, 2.05) is 12.1 Å². The summed E-state index contributed by atoms with van der Waals surface area (Å²) in [5, 5.41) is 19.2. The maximum absolute atomic E-state index is 10.1. The van der Waals surface area contributed by atoms with E-state index in [2.05, 4.69) is 17.0 Å². The van der Waals surface area contributed by atoms with Crippen LogP contribution in [0.15, 0.2) is 24.3 Å². The maximum atomic E-state index is 10.1. The average Bonchev–Trinajstić information content (AvgIpc) is 2.83. The van der Waals surface area contributed by atoms with Gasteiger partial charge in [0, 0.05) is 31.7 Å². The molecule has 5 nitrogen and oxygen atoms in total. The summed E-state index contributed by atoms with van der Waals surface area (Å²) in [6.45, 7) is 2.93. The number of ether oxygens (including phenoxy) is 2. The van der Waals surface area contributed by atoms with Crippen molar-refractivity contribution in [2.24, 2.45) is 0 Å². The molecule has 3 aliphatic rings. The minimum Gasteiger partial charge on any atom is -0.493 e. The van der Waals surface area contributed by atoms with Crippen molar-refractivity contribution in [1.82, 2.24) is 4.90 Å². The molecule has 2 heterocycles. The highest BCUT2D eigenvalue weighted by Crippen LogP contribution is 2.55. The molecule has 1 aromatic rings. The van der Waals surface area contributed by atoms with Gasteiger partial charge >= 0.3 is 0 Å². The van der Waals surface area contributed by atoms with Gasteiger partial charge in [-0.25, -0.2) is 0 Å². The van der Waals surface area contributed by atoms with Gasteiger partial charge in [-0.2, -0.15) is 0 Å². The Morgan fingerprint density at radius 1 is 1.42 bits per heavy atom. The zero-order chi connectivity index (χ0) is 16.7. The second-order valence-electron chi connectivity index (χ2n) is 7.04. The normalized spacial score (nSPS) is 31.1. The fourth-order valence-corrected chi connectivity index (χ4v) is 4.48. The molecule has 0 amide bonds. The standard InChI is InChI=1S/C19H25NO4/c1-23-15-4-3-13-12-20(8-2-10-21)9-7-19-6-5-14(22)11-16(19)24-18(15)17(13)19/h3-6,14,16,21-22H,2,7-12H2,1H3. The van der Waals surface area contributed by atoms with Gasteiger partial charge in [0.1, 0.15) is 6.10 Å². The van der Waals surface area contributed by atoms with E-state index >= 15 is 0 Å². The number of methoxy groups -OCH3 is 1. The molecule has 2 aliphatic heterocycles. The van der Waals surface area contributed by atoms with Crippen LogP contribution in [-0.4, -0.2) is 54.1 Å². The fraction of sp³-hybridized carbons (Fsp3) is 0.579. The van der Waals surface area contributed by atoms with Crippen LogP contribution in [0.1, 0.15) is 30.4 Å². The number of aliphatic hydroxyl groups is 2. The first-order valence-electron chi connectivity index (χ1n) is 8.75. The van der Waals surface area contributed by atoms with Gasteiger partial charge in [0.15, 0.2) is 11.5 Å².